The molecule has 1 amide bonds. The van der Waals surface area contributed by atoms with E-state index in [2.05, 4.69) is 26.9 Å². The molecule has 0 radical (unpaired) electrons. The molecule has 2 heterocycles. The molecule has 0 unspecified atom stereocenters. The second-order valence-electron chi connectivity index (χ2n) is 4.79. The summed E-state index contributed by atoms with van der Waals surface area (Å²) in [5, 5.41) is 16.3. The fraction of sp³-hybridized carbons (Fsp3) is 0.200. The summed E-state index contributed by atoms with van der Waals surface area (Å²) in [4.78, 5) is 13.5. The van der Waals surface area contributed by atoms with Crippen LogP contribution in [0.2, 0.25) is 0 Å². The topological polar surface area (TPSA) is 72.7 Å². The van der Waals surface area contributed by atoms with Gasteiger partial charge in [0, 0.05) is 29.6 Å². The van der Waals surface area contributed by atoms with Gasteiger partial charge in [-0.3, -0.25) is 4.79 Å². The molecule has 0 bridgehead atoms. The van der Waals surface area contributed by atoms with Gasteiger partial charge in [0.2, 0.25) is 0 Å². The largest absolute Gasteiger partial charge is 0.352 e. The van der Waals surface area contributed by atoms with Crippen LogP contribution >= 0.6 is 11.3 Å². The number of nitrogens with one attached hydrogen (secondary N) is 1. The maximum Gasteiger partial charge on any atom is 0.251 e. The zero-order valence-electron chi connectivity index (χ0n) is 12.1. The molecule has 1 aromatic carbocycles. The number of nitrogens with zero attached hydrogens (tertiary/aromatic N) is 4. The standard InChI is InChI=1S/C15H15N5OS/c1-20-14(17-18-19-20)11-4-2-5-12(10-11)15(21)16-8-7-13-6-3-9-22-13/h2-6,9-10H,7-8H2,1H3,(H,16,21). The summed E-state index contributed by atoms with van der Waals surface area (Å²) >= 11 is 1.70. The number of carbonyl (C=O) groups is 1. The van der Waals surface area contributed by atoms with E-state index in [-0.39, 0.29) is 5.91 Å². The highest BCUT2D eigenvalue weighted by atomic mass is 32.1. The van der Waals surface area contributed by atoms with Crippen molar-refractivity contribution >= 4 is 17.2 Å². The monoisotopic (exact) mass is 313 g/mol. The van der Waals surface area contributed by atoms with Gasteiger partial charge in [-0.15, -0.1) is 16.4 Å². The Balaban J connectivity index is 1.66. The van der Waals surface area contributed by atoms with E-state index in [1.54, 1.807) is 35.2 Å². The summed E-state index contributed by atoms with van der Waals surface area (Å²) in [6.45, 7) is 0.620. The fourth-order valence-electron chi connectivity index (χ4n) is 2.13. The minimum Gasteiger partial charge on any atom is -0.352 e. The van der Waals surface area contributed by atoms with Crippen molar-refractivity contribution in [2.24, 2.45) is 7.05 Å². The second kappa shape index (κ2) is 6.48. The van der Waals surface area contributed by atoms with Crippen LogP contribution in [0.5, 0.6) is 0 Å². The van der Waals surface area contributed by atoms with Gasteiger partial charge in [0.1, 0.15) is 0 Å². The van der Waals surface area contributed by atoms with Gasteiger partial charge in [-0.05, 0) is 40.4 Å². The van der Waals surface area contributed by atoms with E-state index in [1.165, 1.54) is 4.88 Å². The van der Waals surface area contributed by atoms with Crippen LogP contribution in [0.3, 0.4) is 0 Å². The molecule has 0 saturated heterocycles. The maximum atomic E-state index is 12.2. The Bertz CT molecular complexity index is 766. The summed E-state index contributed by atoms with van der Waals surface area (Å²) in [5.41, 5.74) is 1.42. The lowest BCUT2D eigenvalue weighted by Crippen LogP contribution is -2.25. The van der Waals surface area contributed by atoms with Crippen molar-refractivity contribution in [3.8, 4) is 11.4 Å². The molecule has 0 aliphatic rings. The van der Waals surface area contributed by atoms with Gasteiger partial charge in [-0.1, -0.05) is 18.2 Å². The quantitative estimate of drug-likeness (QED) is 0.781. The minimum absolute atomic E-state index is 0.0893. The van der Waals surface area contributed by atoms with Crippen LogP contribution in [0.15, 0.2) is 41.8 Å². The molecule has 22 heavy (non-hydrogen) atoms. The molecular weight excluding hydrogens is 298 g/mol. The number of benzene rings is 1. The number of hydrogen-bond donors (Lipinski definition) is 1. The first-order valence-corrected chi connectivity index (χ1v) is 7.75. The van der Waals surface area contributed by atoms with E-state index in [1.807, 2.05) is 23.6 Å². The van der Waals surface area contributed by atoms with Crippen LogP contribution in [-0.4, -0.2) is 32.7 Å². The lowest BCUT2D eigenvalue weighted by Gasteiger charge is -2.06. The van der Waals surface area contributed by atoms with Crippen LogP contribution in [0.1, 0.15) is 15.2 Å². The minimum atomic E-state index is -0.0893. The van der Waals surface area contributed by atoms with Crippen LogP contribution in [0.25, 0.3) is 11.4 Å². The van der Waals surface area contributed by atoms with E-state index in [0.717, 1.165) is 12.0 Å². The first-order valence-electron chi connectivity index (χ1n) is 6.87. The zero-order chi connectivity index (χ0) is 15.4. The predicted molar refractivity (Wildman–Crippen MR) is 84.6 cm³/mol. The molecule has 0 aliphatic heterocycles. The first-order chi connectivity index (χ1) is 10.7. The van der Waals surface area contributed by atoms with Crippen molar-refractivity contribution in [3.05, 3.63) is 52.2 Å². The molecule has 0 aliphatic carbocycles. The van der Waals surface area contributed by atoms with Crippen LogP contribution in [-0.2, 0) is 13.5 Å². The third kappa shape index (κ3) is 3.20. The molecule has 112 valence electrons. The van der Waals surface area contributed by atoms with Crippen LogP contribution in [0.4, 0.5) is 0 Å². The number of carbonyl (C=O) groups excluding carboxylic acids is 1. The Kier molecular flexibility index (Phi) is 4.24. The van der Waals surface area contributed by atoms with Gasteiger partial charge in [0.05, 0.1) is 0 Å². The summed E-state index contributed by atoms with van der Waals surface area (Å²) < 4.78 is 1.58. The van der Waals surface area contributed by atoms with E-state index >= 15 is 0 Å². The SMILES string of the molecule is Cn1nnnc1-c1cccc(C(=O)NCCc2cccs2)c1. The molecule has 3 aromatic rings. The molecule has 6 nitrogen and oxygen atoms in total. The average Bonchev–Trinajstić information content (AvgIpc) is 3.19. The molecule has 0 spiro atoms. The van der Waals surface area contributed by atoms with Gasteiger partial charge < -0.3 is 5.32 Å². The third-order valence-corrected chi connectivity index (χ3v) is 4.18. The van der Waals surface area contributed by atoms with Gasteiger partial charge in [-0.2, -0.15) is 0 Å². The number of hydrogen-bond acceptors (Lipinski definition) is 5. The van der Waals surface area contributed by atoms with E-state index in [9.17, 15) is 4.79 Å². The highest BCUT2D eigenvalue weighted by Crippen LogP contribution is 2.16. The lowest BCUT2D eigenvalue weighted by molar-refractivity contribution is 0.0954. The molecular formula is C15H15N5OS. The van der Waals surface area contributed by atoms with Crippen molar-refractivity contribution in [2.75, 3.05) is 6.54 Å². The summed E-state index contributed by atoms with van der Waals surface area (Å²) in [5.74, 6) is 0.543. The van der Waals surface area contributed by atoms with Gasteiger partial charge in [0.15, 0.2) is 5.82 Å². The predicted octanol–water partition coefficient (Wildman–Crippen LogP) is 1.91. The lowest BCUT2D eigenvalue weighted by atomic mass is 10.1. The molecule has 7 heteroatoms. The van der Waals surface area contributed by atoms with Gasteiger partial charge in [-0.25, -0.2) is 4.68 Å². The molecule has 0 fully saturated rings. The second-order valence-corrected chi connectivity index (χ2v) is 5.82. The highest BCUT2D eigenvalue weighted by Gasteiger charge is 2.10. The van der Waals surface area contributed by atoms with Gasteiger partial charge in [0.25, 0.3) is 5.91 Å². The summed E-state index contributed by atoms with van der Waals surface area (Å²) in [6, 6.07) is 11.4. The molecule has 1 N–H and O–H groups in total. The number of tetrazole rings is 1. The average molecular weight is 313 g/mol. The van der Waals surface area contributed by atoms with E-state index < -0.39 is 0 Å². The number of rotatable bonds is 5. The van der Waals surface area contributed by atoms with Crippen molar-refractivity contribution in [1.29, 1.82) is 0 Å². The van der Waals surface area contributed by atoms with Crippen molar-refractivity contribution in [1.82, 2.24) is 25.5 Å². The fourth-order valence-corrected chi connectivity index (χ4v) is 2.84. The molecule has 2 aromatic heterocycles. The van der Waals surface area contributed by atoms with Crippen molar-refractivity contribution in [2.45, 2.75) is 6.42 Å². The molecule has 0 saturated carbocycles. The Hall–Kier alpha value is -2.54. The maximum absolute atomic E-state index is 12.2. The summed E-state index contributed by atoms with van der Waals surface area (Å²) in [6.07, 6.45) is 0.844. The number of thiophene rings is 1. The van der Waals surface area contributed by atoms with E-state index in [0.29, 0.717) is 17.9 Å². The summed E-state index contributed by atoms with van der Waals surface area (Å²) in [7, 11) is 1.77. The van der Waals surface area contributed by atoms with Crippen molar-refractivity contribution < 1.29 is 4.79 Å². The Labute approximate surface area is 131 Å². The zero-order valence-corrected chi connectivity index (χ0v) is 12.9. The Morgan fingerprint density at radius 1 is 1.32 bits per heavy atom. The smallest absolute Gasteiger partial charge is 0.251 e. The number of aromatic nitrogens is 4. The van der Waals surface area contributed by atoms with Crippen LogP contribution in [0, 0.1) is 0 Å². The van der Waals surface area contributed by atoms with E-state index in [4.69, 9.17) is 0 Å². The molecule has 3 rings (SSSR count). The van der Waals surface area contributed by atoms with Crippen molar-refractivity contribution in [3.63, 3.8) is 0 Å². The number of amides is 1. The highest BCUT2D eigenvalue weighted by molar-refractivity contribution is 7.09. The normalized spacial score (nSPS) is 10.6. The van der Waals surface area contributed by atoms with Crippen LogP contribution < -0.4 is 5.32 Å². The third-order valence-electron chi connectivity index (χ3n) is 3.24. The Morgan fingerprint density at radius 2 is 2.23 bits per heavy atom. The Morgan fingerprint density at radius 3 is 2.95 bits per heavy atom. The van der Waals surface area contributed by atoms with Gasteiger partial charge >= 0.3 is 0 Å². The first kappa shape index (κ1) is 14.4. The number of aryl methyl sites for hydroxylation is 1. The molecule has 0 atom stereocenters.